The summed E-state index contributed by atoms with van der Waals surface area (Å²) in [5.74, 6) is 1.06. The van der Waals surface area contributed by atoms with Gasteiger partial charge in [-0.2, -0.15) is 0 Å². The number of carbonyl (C=O) groups is 1. The lowest BCUT2D eigenvalue weighted by molar-refractivity contribution is -0.132. The number of amides is 1. The first-order valence-electron chi connectivity index (χ1n) is 6.36. The summed E-state index contributed by atoms with van der Waals surface area (Å²) in [7, 11) is 0. The van der Waals surface area contributed by atoms with Gasteiger partial charge in [0, 0.05) is 32.7 Å². The van der Waals surface area contributed by atoms with E-state index in [1.165, 1.54) is 19.4 Å². The summed E-state index contributed by atoms with van der Waals surface area (Å²) in [6, 6.07) is 0. The van der Waals surface area contributed by atoms with Gasteiger partial charge in [-0.25, -0.2) is 0 Å². The topological polar surface area (TPSA) is 23.6 Å². The summed E-state index contributed by atoms with van der Waals surface area (Å²) < 4.78 is 0. The first-order chi connectivity index (χ1) is 7.70. The van der Waals surface area contributed by atoms with Gasteiger partial charge in [-0.15, -0.1) is 11.6 Å². The standard InChI is InChI=1S/C12H21ClN2O/c1-2-11(13)12(16)15-7-5-14(6-8-15)9-10-3-4-10/h10-11H,2-9H2,1H3/t11-/m1/s1. The minimum Gasteiger partial charge on any atom is -0.339 e. The van der Waals surface area contributed by atoms with E-state index < -0.39 is 0 Å². The number of alkyl halides is 1. The summed E-state index contributed by atoms with van der Waals surface area (Å²) >= 11 is 5.97. The van der Waals surface area contributed by atoms with Crippen LogP contribution >= 0.6 is 11.6 Å². The zero-order chi connectivity index (χ0) is 11.5. The van der Waals surface area contributed by atoms with Crippen LogP contribution in [-0.2, 0) is 4.79 Å². The number of rotatable bonds is 4. The molecular formula is C12H21ClN2O. The Bertz CT molecular complexity index is 247. The lowest BCUT2D eigenvalue weighted by atomic mass is 10.2. The number of hydrogen-bond donors (Lipinski definition) is 0. The maximum Gasteiger partial charge on any atom is 0.240 e. The lowest BCUT2D eigenvalue weighted by Gasteiger charge is -2.35. The van der Waals surface area contributed by atoms with Crippen LogP contribution in [0.4, 0.5) is 0 Å². The molecule has 4 heteroatoms. The summed E-state index contributed by atoms with van der Waals surface area (Å²) in [6.45, 7) is 6.95. The van der Waals surface area contributed by atoms with Crippen molar-refractivity contribution in [2.24, 2.45) is 5.92 Å². The largest absolute Gasteiger partial charge is 0.339 e. The average molecular weight is 245 g/mol. The predicted molar refractivity (Wildman–Crippen MR) is 65.7 cm³/mol. The Kier molecular flexibility index (Phi) is 4.09. The highest BCUT2D eigenvalue weighted by molar-refractivity contribution is 6.30. The van der Waals surface area contributed by atoms with Crippen molar-refractivity contribution in [2.75, 3.05) is 32.7 Å². The van der Waals surface area contributed by atoms with Crippen LogP contribution in [0.1, 0.15) is 26.2 Å². The number of nitrogens with zero attached hydrogens (tertiary/aromatic N) is 2. The van der Waals surface area contributed by atoms with Crippen molar-refractivity contribution < 1.29 is 4.79 Å². The molecule has 0 unspecified atom stereocenters. The molecule has 0 N–H and O–H groups in total. The molecule has 2 rings (SSSR count). The van der Waals surface area contributed by atoms with E-state index in [9.17, 15) is 4.79 Å². The first-order valence-corrected chi connectivity index (χ1v) is 6.79. The fourth-order valence-electron chi connectivity index (χ4n) is 2.19. The molecule has 0 aromatic rings. The third kappa shape index (κ3) is 3.11. The van der Waals surface area contributed by atoms with Gasteiger partial charge in [-0.1, -0.05) is 6.92 Å². The molecule has 0 aromatic heterocycles. The van der Waals surface area contributed by atoms with Crippen molar-refractivity contribution >= 4 is 17.5 Å². The highest BCUT2D eigenvalue weighted by Gasteiger charge is 2.28. The Morgan fingerprint density at radius 1 is 1.31 bits per heavy atom. The quantitative estimate of drug-likeness (QED) is 0.701. The van der Waals surface area contributed by atoms with Crippen LogP contribution in [0.25, 0.3) is 0 Å². The van der Waals surface area contributed by atoms with Gasteiger partial charge in [0.1, 0.15) is 5.38 Å². The molecular weight excluding hydrogens is 224 g/mol. The van der Waals surface area contributed by atoms with E-state index in [1.54, 1.807) is 0 Å². The van der Waals surface area contributed by atoms with E-state index in [-0.39, 0.29) is 11.3 Å². The molecule has 1 saturated heterocycles. The first kappa shape index (κ1) is 12.2. The molecule has 3 nitrogen and oxygen atoms in total. The Balaban J connectivity index is 1.73. The zero-order valence-electron chi connectivity index (χ0n) is 9.99. The fraction of sp³-hybridized carbons (Fsp3) is 0.917. The number of piperazine rings is 1. The fourth-order valence-corrected chi connectivity index (χ4v) is 2.33. The molecule has 1 amide bonds. The maximum absolute atomic E-state index is 11.8. The van der Waals surface area contributed by atoms with Crippen LogP contribution in [-0.4, -0.2) is 53.8 Å². The minimum absolute atomic E-state index is 0.121. The van der Waals surface area contributed by atoms with E-state index in [0.717, 1.165) is 38.5 Å². The highest BCUT2D eigenvalue weighted by atomic mass is 35.5. The number of hydrogen-bond acceptors (Lipinski definition) is 2. The molecule has 2 fully saturated rings. The summed E-state index contributed by atoms with van der Waals surface area (Å²) in [4.78, 5) is 16.2. The van der Waals surface area contributed by atoms with E-state index in [0.29, 0.717) is 0 Å². The van der Waals surface area contributed by atoms with Gasteiger partial charge in [0.15, 0.2) is 0 Å². The second kappa shape index (κ2) is 5.37. The Morgan fingerprint density at radius 2 is 1.94 bits per heavy atom. The molecule has 1 heterocycles. The predicted octanol–water partition coefficient (Wildman–Crippen LogP) is 1.56. The molecule has 16 heavy (non-hydrogen) atoms. The molecule has 1 atom stereocenters. The van der Waals surface area contributed by atoms with Gasteiger partial charge in [0.25, 0.3) is 0 Å². The zero-order valence-corrected chi connectivity index (χ0v) is 10.7. The van der Waals surface area contributed by atoms with Crippen molar-refractivity contribution in [2.45, 2.75) is 31.6 Å². The van der Waals surface area contributed by atoms with Gasteiger partial charge < -0.3 is 4.90 Å². The molecule has 0 radical (unpaired) electrons. The van der Waals surface area contributed by atoms with Crippen LogP contribution in [0.5, 0.6) is 0 Å². The van der Waals surface area contributed by atoms with Crippen LogP contribution in [0.15, 0.2) is 0 Å². The molecule has 1 aliphatic heterocycles. The van der Waals surface area contributed by atoms with Crippen LogP contribution in [0.3, 0.4) is 0 Å². The van der Waals surface area contributed by atoms with Crippen molar-refractivity contribution in [3.05, 3.63) is 0 Å². The average Bonchev–Trinajstić information content (AvgIpc) is 3.12. The minimum atomic E-state index is -0.324. The molecule has 92 valence electrons. The van der Waals surface area contributed by atoms with E-state index >= 15 is 0 Å². The Labute approximate surface area is 103 Å². The number of halogens is 1. The smallest absolute Gasteiger partial charge is 0.240 e. The van der Waals surface area contributed by atoms with Crippen molar-refractivity contribution in [3.8, 4) is 0 Å². The number of carbonyl (C=O) groups excluding carboxylic acids is 1. The highest BCUT2D eigenvalue weighted by Crippen LogP contribution is 2.29. The van der Waals surface area contributed by atoms with E-state index in [4.69, 9.17) is 11.6 Å². The molecule has 0 spiro atoms. The van der Waals surface area contributed by atoms with Gasteiger partial charge in [0.05, 0.1) is 0 Å². The molecule has 1 aliphatic carbocycles. The Morgan fingerprint density at radius 3 is 2.44 bits per heavy atom. The van der Waals surface area contributed by atoms with Gasteiger partial charge in [-0.3, -0.25) is 9.69 Å². The van der Waals surface area contributed by atoms with Crippen LogP contribution in [0.2, 0.25) is 0 Å². The monoisotopic (exact) mass is 244 g/mol. The van der Waals surface area contributed by atoms with Crippen molar-refractivity contribution in [1.29, 1.82) is 0 Å². The third-order valence-electron chi connectivity index (χ3n) is 3.52. The Hall–Kier alpha value is -0.280. The van der Waals surface area contributed by atoms with Crippen LogP contribution < -0.4 is 0 Å². The van der Waals surface area contributed by atoms with E-state index in [2.05, 4.69) is 4.90 Å². The second-order valence-corrected chi connectivity index (χ2v) is 5.47. The third-order valence-corrected chi connectivity index (χ3v) is 4.02. The van der Waals surface area contributed by atoms with Crippen molar-refractivity contribution in [1.82, 2.24) is 9.80 Å². The SMILES string of the molecule is CC[C@@H](Cl)C(=O)N1CCN(CC2CC2)CC1. The molecule has 0 aromatic carbocycles. The van der Waals surface area contributed by atoms with Crippen molar-refractivity contribution in [3.63, 3.8) is 0 Å². The molecule has 1 saturated carbocycles. The normalized spacial score (nSPS) is 24.5. The summed E-state index contributed by atoms with van der Waals surface area (Å²) in [6.07, 6.45) is 3.53. The van der Waals surface area contributed by atoms with Gasteiger partial charge in [0.2, 0.25) is 5.91 Å². The molecule has 2 aliphatic rings. The van der Waals surface area contributed by atoms with E-state index in [1.807, 2.05) is 11.8 Å². The summed E-state index contributed by atoms with van der Waals surface area (Å²) in [5.41, 5.74) is 0. The van der Waals surface area contributed by atoms with Crippen LogP contribution in [0, 0.1) is 5.92 Å². The summed E-state index contributed by atoms with van der Waals surface area (Å²) in [5, 5.41) is -0.324. The van der Waals surface area contributed by atoms with Gasteiger partial charge in [-0.05, 0) is 25.2 Å². The second-order valence-electron chi connectivity index (χ2n) is 4.95. The van der Waals surface area contributed by atoms with Gasteiger partial charge >= 0.3 is 0 Å². The lowest BCUT2D eigenvalue weighted by Crippen LogP contribution is -2.50. The molecule has 0 bridgehead atoms. The maximum atomic E-state index is 11.8.